The summed E-state index contributed by atoms with van der Waals surface area (Å²) in [4.78, 5) is 15.4. The van der Waals surface area contributed by atoms with Crippen molar-refractivity contribution in [2.75, 3.05) is 7.11 Å². The minimum Gasteiger partial charge on any atom is -0.497 e. The molecule has 0 atom stereocenters. The van der Waals surface area contributed by atoms with Gasteiger partial charge in [-0.25, -0.2) is 0 Å². The fraction of sp³-hybridized carbons (Fsp3) is 0.176. The molecule has 0 saturated heterocycles. The van der Waals surface area contributed by atoms with Gasteiger partial charge in [0.1, 0.15) is 5.75 Å². The summed E-state index contributed by atoms with van der Waals surface area (Å²) in [7, 11) is 1.56. The van der Waals surface area contributed by atoms with Crippen LogP contribution in [0.3, 0.4) is 0 Å². The van der Waals surface area contributed by atoms with Gasteiger partial charge < -0.3 is 10.1 Å². The monoisotopic (exact) mass is 370 g/mol. The van der Waals surface area contributed by atoms with E-state index in [2.05, 4.69) is 10.3 Å². The quantitative estimate of drug-likeness (QED) is 0.806. The van der Waals surface area contributed by atoms with Crippen molar-refractivity contribution >= 4 is 23.6 Å². The van der Waals surface area contributed by atoms with Crippen LogP contribution in [0.2, 0.25) is 5.02 Å². The Bertz CT molecular complexity index is 774. The number of ether oxygens (including phenoxy) is 1. The molecule has 132 valence electrons. The molecule has 8 heteroatoms. The molecular formula is C17H14ClF3N2O2. The maximum Gasteiger partial charge on any atom is 0.417 e. The van der Waals surface area contributed by atoms with E-state index in [4.69, 9.17) is 16.3 Å². The predicted molar refractivity (Wildman–Crippen MR) is 88.1 cm³/mol. The van der Waals surface area contributed by atoms with Crippen molar-refractivity contribution in [2.45, 2.75) is 12.7 Å². The Morgan fingerprint density at radius 2 is 2.00 bits per heavy atom. The first-order chi connectivity index (χ1) is 11.8. The van der Waals surface area contributed by atoms with Crippen molar-refractivity contribution in [3.63, 3.8) is 0 Å². The van der Waals surface area contributed by atoms with E-state index in [0.29, 0.717) is 18.5 Å². The first kappa shape index (κ1) is 18.8. The Morgan fingerprint density at radius 3 is 2.56 bits per heavy atom. The molecule has 1 heterocycles. The number of aromatic nitrogens is 1. The van der Waals surface area contributed by atoms with E-state index in [-0.39, 0.29) is 10.7 Å². The highest BCUT2D eigenvalue weighted by Crippen LogP contribution is 2.31. The minimum atomic E-state index is -4.52. The summed E-state index contributed by atoms with van der Waals surface area (Å²) < 4.78 is 42.6. The molecule has 0 radical (unpaired) electrons. The summed E-state index contributed by atoms with van der Waals surface area (Å²) in [6.07, 6.45) is -1.44. The van der Waals surface area contributed by atoms with E-state index in [1.807, 2.05) is 0 Å². The molecule has 0 fully saturated rings. The van der Waals surface area contributed by atoms with Crippen molar-refractivity contribution in [3.8, 4) is 5.75 Å². The summed E-state index contributed by atoms with van der Waals surface area (Å²) in [5.74, 6) is 0.284. The maximum absolute atomic E-state index is 12.5. The molecule has 25 heavy (non-hydrogen) atoms. The number of hydrogen-bond acceptors (Lipinski definition) is 3. The van der Waals surface area contributed by atoms with E-state index in [9.17, 15) is 18.0 Å². The summed E-state index contributed by atoms with van der Waals surface area (Å²) in [6, 6.07) is 7.91. The fourth-order valence-electron chi connectivity index (χ4n) is 1.87. The highest BCUT2D eigenvalue weighted by molar-refractivity contribution is 6.32. The molecule has 1 aromatic carbocycles. The Hall–Kier alpha value is -2.54. The Morgan fingerprint density at radius 1 is 1.32 bits per heavy atom. The third-order valence-electron chi connectivity index (χ3n) is 3.22. The number of rotatable bonds is 5. The van der Waals surface area contributed by atoms with Crippen molar-refractivity contribution in [2.24, 2.45) is 0 Å². The standard InChI is InChI=1S/C17H14ClF3N2O2/c1-25-13-4-2-11(3-5-13)9-23-16(24)7-6-15-14(18)8-12(10-22-15)17(19,20)21/h2-8,10H,9H2,1H3,(H,23,24). The zero-order chi connectivity index (χ0) is 18.4. The molecule has 1 amide bonds. The largest absolute Gasteiger partial charge is 0.497 e. The molecule has 0 aliphatic heterocycles. The number of hydrogen-bond donors (Lipinski definition) is 1. The Balaban J connectivity index is 1.95. The summed E-state index contributed by atoms with van der Waals surface area (Å²) >= 11 is 5.76. The zero-order valence-corrected chi connectivity index (χ0v) is 13.9. The molecular weight excluding hydrogens is 357 g/mol. The summed E-state index contributed by atoms with van der Waals surface area (Å²) in [6.45, 7) is 0.293. The number of carbonyl (C=O) groups is 1. The number of pyridine rings is 1. The van der Waals surface area contributed by atoms with Crippen molar-refractivity contribution in [3.05, 3.63) is 64.4 Å². The topological polar surface area (TPSA) is 51.2 Å². The number of methoxy groups -OCH3 is 1. The second-order valence-electron chi connectivity index (χ2n) is 4.99. The third-order valence-corrected chi connectivity index (χ3v) is 3.52. The molecule has 0 bridgehead atoms. The van der Waals surface area contributed by atoms with E-state index < -0.39 is 17.6 Å². The van der Waals surface area contributed by atoms with E-state index in [1.54, 1.807) is 31.4 Å². The molecule has 1 aromatic heterocycles. The lowest BCUT2D eigenvalue weighted by molar-refractivity contribution is -0.137. The highest BCUT2D eigenvalue weighted by Gasteiger charge is 2.31. The molecule has 1 N–H and O–H groups in total. The third kappa shape index (κ3) is 5.49. The van der Waals surface area contributed by atoms with Gasteiger partial charge in [-0.2, -0.15) is 13.2 Å². The lowest BCUT2D eigenvalue weighted by Gasteiger charge is -2.07. The number of nitrogens with one attached hydrogen (secondary N) is 1. The van der Waals surface area contributed by atoms with Crippen molar-refractivity contribution in [1.29, 1.82) is 0 Å². The van der Waals surface area contributed by atoms with Gasteiger partial charge in [0.2, 0.25) is 5.91 Å². The number of nitrogens with zero attached hydrogens (tertiary/aromatic N) is 1. The normalized spacial score (nSPS) is 11.6. The van der Waals surface area contributed by atoms with Crippen LogP contribution in [-0.4, -0.2) is 18.0 Å². The van der Waals surface area contributed by atoms with Crippen LogP contribution < -0.4 is 10.1 Å². The first-order valence-corrected chi connectivity index (χ1v) is 7.49. The Kier molecular flexibility index (Phi) is 6.03. The van der Waals surface area contributed by atoms with Crippen molar-refractivity contribution < 1.29 is 22.7 Å². The van der Waals surface area contributed by atoms with Crippen LogP contribution >= 0.6 is 11.6 Å². The van der Waals surface area contributed by atoms with Crippen LogP contribution in [0, 0.1) is 0 Å². The van der Waals surface area contributed by atoms with Gasteiger partial charge in [0.25, 0.3) is 0 Å². The predicted octanol–water partition coefficient (Wildman–Crippen LogP) is 4.09. The minimum absolute atomic E-state index is 0.0780. The van der Waals surface area contributed by atoms with Crippen LogP contribution in [-0.2, 0) is 17.5 Å². The number of halogens is 4. The van der Waals surface area contributed by atoms with Gasteiger partial charge in [0.15, 0.2) is 0 Å². The molecule has 0 aliphatic rings. The number of alkyl halides is 3. The smallest absolute Gasteiger partial charge is 0.417 e. The lowest BCUT2D eigenvalue weighted by Crippen LogP contribution is -2.20. The zero-order valence-electron chi connectivity index (χ0n) is 13.1. The van der Waals surface area contributed by atoms with Gasteiger partial charge >= 0.3 is 6.18 Å². The molecule has 2 aromatic rings. The number of amides is 1. The van der Waals surface area contributed by atoms with Crippen LogP contribution in [0.5, 0.6) is 5.75 Å². The molecule has 0 unspecified atom stereocenters. The van der Waals surface area contributed by atoms with Gasteiger partial charge in [0.05, 0.1) is 23.4 Å². The van der Waals surface area contributed by atoms with Crippen LogP contribution in [0.4, 0.5) is 13.2 Å². The fourth-order valence-corrected chi connectivity index (χ4v) is 2.10. The highest BCUT2D eigenvalue weighted by atomic mass is 35.5. The Labute approximate surface area is 147 Å². The SMILES string of the molecule is COc1ccc(CNC(=O)C=Cc2ncc(C(F)(F)F)cc2Cl)cc1. The average Bonchev–Trinajstić information content (AvgIpc) is 2.58. The van der Waals surface area contributed by atoms with Gasteiger partial charge in [-0.15, -0.1) is 0 Å². The maximum atomic E-state index is 12.5. The number of carbonyl (C=O) groups excluding carboxylic acids is 1. The van der Waals surface area contributed by atoms with Gasteiger partial charge in [-0.3, -0.25) is 9.78 Å². The second kappa shape index (κ2) is 8.02. The van der Waals surface area contributed by atoms with Gasteiger partial charge in [-0.05, 0) is 29.8 Å². The molecule has 0 spiro atoms. The van der Waals surface area contributed by atoms with Crippen molar-refractivity contribution in [1.82, 2.24) is 10.3 Å². The second-order valence-corrected chi connectivity index (χ2v) is 5.40. The molecule has 4 nitrogen and oxygen atoms in total. The van der Waals surface area contributed by atoms with Crippen LogP contribution in [0.15, 0.2) is 42.6 Å². The van der Waals surface area contributed by atoms with E-state index >= 15 is 0 Å². The molecule has 0 saturated carbocycles. The van der Waals surface area contributed by atoms with Gasteiger partial charge in [0, 0.05) is 18.8 Å². The first-order valence-electron chi connectivity index (χ1n) is 7.11. The van der Waals surface area contributed by atoms with E-state index in [0.717, 1.165) is 17.7 Å². The molecule has 0 aliphatic carbocycles. The number of benzene rings is 1. The van der Waals surface area contributed by atoms with Gasteiger partial charge in [-0.1, -0.05) is 23.7 Å². The lowest BCUT2D eigenvalue weighted by atomic mass is 10.2. The average molecular weight is 371 g/mol. The molecule has 2 rings (SSSR count). The van der Waals surface area contributed by atoms with E-state index in [1.165, 1.54) is 6.08 Å². The summed E-state index contributed by atoms with van der Waals surface area (Å²) in [5.41, 5.74) is 0.00103. The summed E-state index contributed by atoms with van der Waals surface area (Å²) in [5, 5.41) is 2.46. The van der Waals surface area contributed by atoms with Crippen LogP contribution in [0.1, 0.15) is 16.8 Å². The van der Waals surface area contributed by atoms with Crippen LogP contribution in [0.25, 0.3) is 6.08 Å².